The number of carbonyl (C=O) groups excluding carboxylic acids is 1. The molecular formula is C19H20N4O. The molecule has 0 unspecified atom stereocenters. The molecule has 0 fully saturated rings. The first kappa shape index (κ1) is 15.9. The molecule has 0 aliphatic carbocycles. The number of nitrogens with zero attached hydrogens (tertiary/aromatic N) is 4. The zero-order valence-corrected chi connectivity index (χ0v) is 14.1. The number of carbonyl (C=O) groups is 1. The van der Waals surface area contributed by atoms with Crippen molar-refractivity contribution in [2.45, 2.75) is 20.4 Å². The highest BCUT2D eigenvalue weighted by Crippen LogP contribution is 2.21. The van der Waals surface area contributed by atoms with E-state index in [1.807, 2.05) is 61.9 Å². The van der Waals surface area contributed by atoms with Gasteiger partial charge in [-0.25, -0.2) is 4.98 Å². The number of pyridine rings is 2. The quantitative estimate of drug-likeness (QED) is 0.742. The van der Waals surface area contributed by atoms with Crippen LogP contribution in [0.25, 0.3) is 5.82 Å². The van der Waals surface area contributed by atoms with Gasteiger partial charge in [0.15, 0.2) is 0 Å². The molecule has 0 saturated carbocycles. The van der Waals surface area contributed by atoms with Crippen molar-refractivity contribution in [3.8, 4) is 5.82 Å². The molecule has 1 amide bonds. The van der Waals surface area contributed by atoms with Crippen LogP contribution in [0.4, 0.5) is 0 Å². The van der Waals surface area contributed by atoms with Crippen LogP contribution in [0.3, 0.4) is 0 Å². The molecule has 122 valence electrons. The molecule has 0 aliphatic heterocycles. The van der Waals surface area contributed by atoms with Crippen molar-refractivity contribution < 1.29 is 4.79 Å². The van der Waals surface area contributed by atoms with Gasteiger partial charge in [0, 0.05) is 43.6 Å². The first-order valence-corrected chi connectivity index (χ1v) is 7.82. The zero-order chi connectivity index (χ0) is 17.1. The monoisotopic (exact) mass is 320 g/mol. The third-order valence-electron chi connectivity index (χ3n) is 4.03. The van der Waals surface area contributed by atoms with E-state index < -0.39 is 0 Å². The molecule has 5 nitrogen and oxygen atoms in total. The minimum Gasteiger partial charge on any atom is -0.337 e. The van der Waals surface area contributed by atoms with Gasteiger partial charge >= 0.3 is 0 Å². The Hall–Kier alpha value is -2.95. The minimum absolute atomic E-state index is 0.00543. The lowest BCUT2D eigenvalue weighted by molar-refractivity contribution is 0.0784. The zero-order valence-electron chi connectivity index (χ0n) is 14.1. The number of aryl methyl sites for hydroxylation is 1. The molecule has 3 aromatic heterocycles. The second-order valence-corrected chi connectivity index (χ2v) is 5.83. The second-order valence-electron chi connectivity index (χ2n) is 5.83. The van der Waals surface area contributed by atoms with E-state index in [0.29, 0.717) is 12.1 Å². The smallest absolute Gasteiger partial charge is 0.255 e. The molecule has 0 aromatic carbocycles. The van der Waals surface area contributed by atoms with Crippen molar-refractivity contribution in [1.82, 2.24) is 19.4 Å². The maximum Gasteiger partial charge on any atom is 0.255 e. The lowest BCUT2D eigenvalue weighted by Crippen LogP contribution is -2.26. The van der Waals surface area contributed by atoms with E-state index in [0.717, 1.165) is 22.8 Å². The van der Waals surface area contributed by atoms with Crippen molar-refractivity contribution in [3.63, 3.8) is 0 Å². The topological polar surface area (TPSA) is 51.0 Å². The number of hydrogen-bond acceptors (Lipinski definition) is 3. The summed E-state index contributed by atoms with van der Waals surface area (Å²) in [5.74, 6) is 0.815. The fraction of sp³-hybridized carbons (Fsp3) is 0.211. The Labute approximate surface area is 141 Å². The molecule has 24 heavy (non-hydrogen) atoms. The van der Waals surface area contributed by atoms with Gasteiger partial charge in [0.2, 0.25) is 0 Å². The van der Waals surface area contributed by atoms with Crippen molar-refractivity contribution >= 4 is 5.91 Å². The second kappa shape index (κ2) is 6.66. The Balaban J connectivity index is 1.88. The number of aromatic nitrogens is 3. The van der Waals surface area contributed by atoms with Gasteiger partial charge in [-0.2, -0.15) is 0 Å². The summed E-state index contributed by atoms with van der Waals surface area (Å²) in [5, 5.41) is 0. The van der Waals surface area contributed by atoms with Gasteiger partial charge in [0.25, 0.3) is 5.91 Å². The molecule has 3 heterocycles. The van der Waals surface area contributed by atoms with Crippen LogP contribution >= 0.6 is 0 Å². The highest BCUT2D eigenvalue weighted by Gasteiger charge is 2.20. The van der Waals surface area contributed by atoms with E-state index in [2.05, 4.69) is 9.97 Å². The predicted octanol–water partition coefficient (Wildman–Crippen LogP) is 3.16. The van der Waals surface area contributed by atoms with E-state index in [-0.39, 0.29) is 5.91 Å². The summed E-state index contributed by atoms with van der Waals surface area (Å²) in [6.45, 7) is 4.46. The van der Waals surface area contributed by atoms with Crippen LogP contribution in [-0.4, -0.2) is 32.4 Å². The first-order chi connectivity index (χ1) is 11.6. The van der Waals surface area contributed by atoms with Crippen LogP contribution in [0.15, 0.2) is 55.0 Å². The van der Waals surface area contributed by atoms with Crippen LogP contribution in [0.5, 0.6) is 0 Å². The lowest BCUT2D eigenvalue weighted by atomic mass is 10.2. The average molecular weight is 320 g/mol. The Morgan fingerprint density at radius 3 is 2.67 bits per heavy atom. The Morgan fingerprint density at radius 1 is 1.17 bits per heavy atom. The van der Waals surface area contributed by atoms with Gasteiger partial charge in [-0.1, -0.05) is 12.1 Å². The fourth-order valence-electron chi connectivity index (χ4n) is 2.86. The van der Waals surface area contributed by atoms with Crippen LogP contribution in [0.2, 0.25) is 0 Å². The van der Waals surface area contributed by atoms with E-state index in [1.165, 1.54) is 0 Å². The molecular weight excluding hydrogens is 300 g/mol. The molecule has 3 aromatic rings. The highest BCUT2D eigenvalue weighted by molar-refractivity contribution is 5.95. The third kappa shape index (κ3) is 3.06. The SMILES string of the molecule is Cc1cc(C(=O)N(C)Cc2cccnc2)c(C)n1-c1ccccn1. The first-order valence-electron chi connectivity index (χ1n) is 7.82. The van der Waals surface area contributed by atoms with E-state index in [4.69, 9.17) is 0 Å². The van der Waals surface area contributed by atoms with Crippen LogP contribution in [0, 0.1) is 13.8 Å². The van der Waals surface area contributed by atoms with Gasteiger partial charge in [0.1, 0.15) is 5.82 Å². The predicted molar refractivity (Wildman–Crippen MR) is 93.1 cm³/mol. The van der Waals surface area contributed by atoms with Crippen molar-refractivity contribution in [2.75, 3.05) is 7.05 Å². The maximum atomic E-state index is 12.8. The van der Waals surface area contributed by atoms with E-state index in [1.54, 1.807) is 23.5 Å². The minimum atomic E-state index is -0.00543. The number of hydrogen-bond donors (Lipinski definition) is 0. The van der Waals surface area contributed by atoms with Crippen LogP contribution < -0.4 is 0 Å². The van der Waals surface area contributed by atoms with Crippen LogP contribution in [-0.2, 0) is 6.54 Å². The van der Waals surface area contributed by atoms with Crippen LogP contribution in [0.1, 0.15) is 27.3 Å². The largest absolute Gasteiger partial charge is 0.337 e. The van der Waals surface area contributed by atoms with Crippen molar-refractivity contribution in [1.29, 1.82) is 0 Å². The maximum absolute atomic E-state index is 12.8. The molecule has 0 atom stereocenters. The Bertz CT molecular complexity index is 841. The Morgan fingerprint density at radius 2 is 2.00 bits per heavy atom. The summed E-state index contributed by atoms with van der Waals surface area (Å²) in [7, 11) is 1.81. The van der Waals surface area contributed by atoms with E-state index in [9.17, 15) is 4.79 Å². The molecule has 0 bridgehead atoms. The summed E-state index contributed by atoms with van der Waals surface area (Å²) < 4.78 is 2.01. The molecule has 3 rings (SSSR count). The summed E-state index contributed by atoms with van der Waals surface area (Å²) in [6.07, 6.45) is 5.26. The van der Waals surface area contributed by atoms with Crippen molar-refractivity contribution in [2.24, 2.45) is 0 Å². The van der Waals surface area contributed by atoms with Gasteiger partial charge in [0.05, 0.1) is 5.56 Å². The fourth-order valence-corrected chi connectivity index (χ4v) is 2.86. The average Bonchev–Trinajstić information content (AvgIpc) is 2.90. The number of rotatable bonds is 4. The van der Waals surface area contributed by atoms with Gasteiger partial charge in [-0.05, 0) is 43.7 Å². The van der Waals surface area contributed by atoms with Gasteiger partial charge in [-0.15, -0.1) is 0 Å². The molecule has 0 radical (unpaired) electrons. The molecule has 0 saturated heterocycles. The summed E-state index contributed by atoms with van der Waals surface area (Å²) in [5.41, 5.74) is 3.59. The third-order valence-corrected chi connectivity index (χ3v) is 4.03. The van der Waals surface area contributed by atoms with E-state index >= 15 is 0 Å². The summed E-state index contributed by atoms with van der Waals surface area (Å²) in [4.78, 5) is 23.0. The van der Waals surface area contributed by atoms with Gasteiger partial charge in [-0.3, -0.25) is 9.78 Å². The molecule has 0 aliphatic rings. The lowest BCUT2D eigenvalue weighted by Gasteiger charge is -2.17. The normalized spacial score (nSPS) is 10.6. The number of amides is 1. The molecule has 5 heteroatoms. The Kier molecular flexibility index (Phi) is 4.42. The van der Waals surface area contributed by atoms with Gasteiger partial charge < -0.3 is 9.47 Å². The molecule has 0 spiro atoms. The standard InChI is InChI=1S/C19H20N4O/c1-14-11-17(15(2)23(14)18-8-4-5-10-21-18)19(24)22(3)13-16-7-6-9-20-12-16/h4-12H,13H2,1-3H3. The molecule has 0 N–H and O–H groups in total. The van der Waals surface area contributed by atoms with Crippen molar-refractivity contribution in [3.05, 3.63) is 77.5 Å². The summed E-state index contributed by atoms with van der Waals surface area (Å²) >= 11 is 0. The highest BCUT2D eigenvalue weighted by atomic mass is 16.2. The summed E-state index contributed by atoms with van der Waals surface area (Å²) in [6, 6.07) is 11.5.